The monoisotopic (exact) mass is 309 g/mol. The molecule has 0 radical (unpaired) electrons. The zero-order chi connectivity index (χ0) is 16.1. The molecule has 0 aliphatic carbocycles. The third-order valence-electron chi connectivity index (χ3n) is 4.38. The van der Waals surface area contributed by atoms with Crippen molar-refractivity contribution in [3.8, 4) is 0 Å². The minimum absolute atomic E-state index is 0.0602. The van der Waals surface area contributed by atoms with Crippen LogP contribution in [0.15, 0.2) is 60.7 Å². The summed E-state index contributed by atoms with van der Waals surface area (Å²) in [6, 6.07) is 20.5. The Kier molecular flexibility index (Phi) is 5.09. The van der Waals surface area contributed by atoms with Crippen LogP contribution in [0.3, 0.4) is 0 Å². The second-order valence-electron chi connectivity index (χ2n) is 6.04. The van der Waals surface area contributed by atoms with Crippen molar-refractivity contribution in [1.29, 1.82) is 0 Å². The summed E-state index contributed by atoms with van der Waals surface area (Å²) in [6.45, 7) is 3.58. The predicted molar refractivity (Wildman–Crippen MR) is 90.9 cm³/mol. The smallest absolute Gasteiger partial charge is 0.303 e. The molecule has 1 saturated heterocycles. The molecule has 120 valence electrons. The standard InChI is InChI=1S/C20H23NO2/c1-16(22)23-20(18-12-6-3-7-13-18)19(21-14-8-9-15-21)17-10-4-2-5-11-17/h2-7,10-13,19-20H,8-9,14-15H2,1H3. The lowest BCUT2D eigenvalue weighted by molar-refractivity contribution is -0.150. The number of likely N-dealkylation sites (tertiary alicyclic amines) is 1. The first-order chi connectivity index (χ1) is 11.3. The van der Waals surface area contributed by atoms with Gasteiger partial charge in [-0.2, -0.15) is 0 Å². The predicted octanol–water partition coefficient (Wildman–Crippen LogP) is 4.13. The number of nitrogens with zero attached hydrogens (tertiary/aromatic N) is 1. The summed E-state index contributed by atoms with van der Waals surface area (Å²) in [4.78, 5) is 14.2. The Morgan fingerprint density at radius 1 is 0.913 bits per heavy atom. The van der Waals surface area contributed by atoms with E-state index >= 15 is 0 Å². The van der Waals surface area contributed by atoms with E-state index in [4.69, 9.17) is 4.74 Å². The molecule has 2 unspecified atom stereocenters. The second kappa shape index (κ2) is 7.42. The van der Waals surface area contributed by atoms with Crippen LogP contribution in [0.5, 0.6) is 0 Å². The van der Waals surface area contributed by atoms with E-state index in [1.54, 1.807) is 0 Å². The fourth-order valence-electron chi connectivity index (χ4n) is 3.38. The lowest BCUT2D eigenvalue weighted by Gasteiger charge is -2.34. The summed E-state index contributed by atoms with van der Waals surface area (Å²) in [5.74, 6) is -0.237. The average molecular weight is 309 g/mol. The lowest BCUT2D eigenvalue weighted by Crippen LogP contribution is -2.32. The van der Waals surface area contributed by atoms with Crippen LogP contribution >= 0.6 is 0 Å². The van der Waals surface area contributed by atoms with Gasteiger partial charge >= 0.3 is 5.97 Å². The topological polar surface area (TPSA) is 29.5 Å². The van der Waals surface area contributed by atoms with Gasteiger partial charge in [-0.05, 0) is 37.1 Å². The number of hydrogen-bond donors (Lipinski definition) is 0. The third-order valence-corrected chi connectivity index (χ3v) is 4.38. The Labute approximate surface area is 137 Å². The van der Waals surface area contributed by atoms with Crippen LogP contribution in [0.2, 0.25) is 0 Å². The Morgan fingerprint density at radius 3 is 1.96 bits per heavy atom. The van der Waals surface area contributed by atoms with Gasteiger partial charge < -0.3 is 4.74 Å². The Balaban J connectivity index is 2.01. The van der Waals surface area contributed by atoms with Crippen LogP contribution in [0, 0.1) is 0 Å². The lowest BCUT2D eigenvalue weighted by atomic mass is 9.94. The quantitative estimate of drug-likeness (QED) is 0.778. The van der Waals surface area contributed by atoms with E-state index in [-0.39, 0.29) is 18.1 Å². The number of ether oxygens (including phenoxy) is 1. The van der Waals surface area contributed by atoms with Gasteiger partial charge in [-0.25, -0.2) is 0 Å². The minimum Gasteiger partial charge on any atom is -0.456 e. The summed E-state index contributed by atoms with van der Waals surface area (Å²) in [5, 5.41) is 0. The zero-order valence-electron chi connectivity index (χ0n) is 13.5. The normalized spacial score (nSPS) is 17.6. The maximum absolute atomic E-state index is 11.7. The van der Waals surface area contributed by atoms with Crippen LogP contribution in [0.4, 0.5) is 0 Å². The van der Waals surface area contributed by atoms with Crippen LogP contribution in [-0.2, 0) is 9.53 Å². The molecule has 23 heavy (non-hydrogen) atoms. The molecule has 1 aliphatic rings. The van der Waals surface area contributed by atoms with E-state index in [2.05, 4.69) is 17.0 Å². The van der Waals surface area contributed by atoms with Gasteiger partial charge in [0.15, 0.2) is 0 Å². The molecule has 3 heteroatoms. The van der Waals surface area contributed by atoms with Crippen molar-refractivity contribution in [3.63, 3.8) is 0 Å². The van der Waals surface area contributed by atoms with E-state index in [1.807, 2.05) is 48.5 Å². The molecule has 3 nitrogen and oxygen atoms in total. The molecule has 0 amide bonds. The molecular weight excluding hydrogens is 286 g/mol. The van der Waals surface area contributed by atoms with Gasteiger partial charge in [0.1, 0.15) is 6.10 Å². The summed E-state index contributed by atoms with van der Waals surface area (Å²) in [7, 11) is 0. The average Bonchev–Trinajstić information content (AvgIpc) is 3.10. The van der Waals surface area contributed by atoms with Crippen LogP contribution in [0.25, 0.3) is 0 Å². The van der Waals surface area contributed by atoms with Crippen molar-refractivity contribution in [2.75, 3.05) is 13.1 Å². The molecule has 0 saturated carbocycles. The molecule has 2 aromatic rings. The Bertz CT molecular complexity index is 621. The van der Waals surface area contributed by atoms with Crippen molar-refractivity contribution < 1.29 is 9.53 Å². The van der Waals surface area contributed by atoms with Crippen LogP contribution < -0.4 is 0 Å². The highest BCUT2D eigenvalue weighted by atomic mass is 16.5. The van der Waals surface area contributed by atoms with Crippen molar-refractivity contribution in [2.24, 2.45) is 0 Å². The Hall–Kier alpha value is -2.13. The number of benzene rings is 2. The summed E-state index contributed by atoms with van der Waals surface area (Å²) >= 11 is 0. The summed E-state index contributed by atoms with van der Waals surface area (Å²) < 4.78 is 5.78. The highest BCUT2D eigenvalue weighted by Crippen LogP contribution is 2.38. The SMILES string of the molecule is CC(=O)OC(c1ccccc1)C(c1ccccc1)N1CCCC1. The largest absolute Gasteiger partial charge is 0.456 e. The Morgan fingerprint density at radius 2 is 1.43 bits per heavy atom. The fourth-order valence-corrected chi connectivity index (χ4v) is 3.38. The van der Waals surface area contributed by atoms with Crippen molar-refractivity contribution in [3.05, 3.63) is 71.8 Å². The molecule has 0 bridgehead atoms. The molecule has 2 aromatic carbocycles. The number of esters is 1. The second-order valence-corrected chi connectivity index (χ2v) is 6.04. The molecular formula is C20H23NO2. The fraction of sp³-hybridized carbons (Fsp3) is 0.350. The zero-order valence-corrected chi connectivity index (χ0v) is 13.5. The first-order valence-corrected chi connectivity index (χ1v) is 8.27. The first kappa shape index (κ1) is 15.8. The maximum atomic E-state index is 11.7. The highest BCUT2D eigenvalue weighted by molar-refractivity contribution is 5.66. The molecule has 2 atom stereocenters. The van der Waals surface area contributed by atoms with E-state index in [0.29, 0.717) is 0 Å². The van der Waals surface area contributed by atoms with E-state index < -0.39 is 0 Å². The van der Waals surface area contributed by atoms with Crippen molar-refractivity contribution in [2.45, 2.75) is 31.9 Å². The molecule has 0 N–H and O–H groups in total. The van der Waals surface area contributed by atoms with Gasteiger partial charge in [0.05, 0.1) is 6.04 Å². The minimum atomic E-state index is -0.283. The number of carbonyl (C=O) groups excluding carboxylic acids is 1. The van der Waals surface area contributed by atoms with Gasteiger partial charge in [0.2, 0.25) is 0 Å². The molecule has 1 fully saturated rings. The van der Waals surface area contributed by atoms with Gasteiger partial charge in [-0.1, -0.05) is 60.7 Å². The van der Waals surface area contributed by atoms with Crippen molar-refractivity contribution in [1.82, 2.24) is 4.90 Å². The molecule has 1 heterocycles. The van der Waals surface area contributed by atoms with Gasteiger partial charge in [0, 0.05) is 6.92 Å². The number of rotatable bonds is 5. The van der Waals surface area contributed by atoms with Gasteiger partial charge in [-0.15, -0.1) is 0 Å². The summed E-state index contributed by atoms with van der Waals surface area (Å²) in [6.07, 6.45) is 2.12. The number of carbonyl (C=O) groups is 1. The van der Waals surface area contributed by atoms with E-state index in [9.17, 15) is 4.79 Å². The molecule has 0 aromatic heterocycles. The highest BCUT2D eigenvalue weighted by Gasteiger charge is 2.33. The van der Waals surface area contributed by atoms with Gasteiger partial charge in [0.25, 0.3) is 0 Å². The molecule has 1 aliphatic heterocycles. The first-order valence-electron chi connectivity index (χ1n) is 8.27. The summed E-state index contributed by atoms with van der Waals surface area (Å²) in [5.41, 5.74) is 2.24. The molecule has 0 spiro atoms. The third kappa shape index (κ3) is 3.80. The van der Waals surface area contributed by atoms with Crippen LogP contribution in [-0.4, -0.2) is 24.0 Å². The van der Waals surface area contributed by atoms with Crippen molar-refractivity contribution >= 4 is 5.97 Å². The number of hydrogen-bond acceptors (Lipinski definition) is 3. The molecule has 3 rings (SSSR count). The van der Waals surface area contributed by atoms with E-state index in [0.717, 1.165) is 18.7 Å². The maximum Gasteiger partial charge on any atom is 0.303 e. The van der Waals surface area contributed by atoms with Crippen LogP contribution in [0.1, 0.15) is 43.0 Å². The van der Waals surface area contributed by atoms with Gasteiger partial charge in [-0.3, -0.25) is 9.69 Å². The van der Waals surface area contributed by atoms with E-state index in [1.165, 1.54) is 25.3 Å².